The second-order valence-corrected chi connectivity index (χ2v) is 8.96. The van der Waals surface area contributed by atoms with E-state index in [1.165, 1.54) is 12.1 Å². The maximum atomic E-state index is 14.2. The number of ether oxygens (including phenoxy) is 1. The Labute approximate surface area is 168 Å². The van der Waals surface area contributed by atoms with Gasteiger partial charge in [-0.05, 0) is 43.9 Å². The van der Waals surface area contributed by atoms with Crippen molar-refractivity contribution in [3.63, 3.8) is 0 Å². The third-order valence-corrected chi connectivity index (χ3v) is 6.62. The molecule has 0 N–H and O–H groups in total. The number of nitrogens with zero attached hydrogens (tertiary/aromatic N) is 3. The summed E-state index contributed by atoms with van der Waals surface area (Å²) in [7, 11) is 0. The maximum absolute atomic E-state index is 14.2. The van der Waals surface area contributed by atoms with Gasteiger partial charge in [-0.2, -0.15) is 0 Å². The lowest BCUT2D eigenvalue weighted by atomic mass is 9.35. The summed E-state index contributed by atoms with van der Waals surface area (Å²) >= 11 is 0. The molecule has 1 amide bonds. The van der Waals surface area contributed by atoms with Crippen molar-refractivity contribution in [1.82, 2.24) is 14.9 Å². The average molecular weight is 399 g/mol. The Bertz CT molecular complexity index is 930. The third kappa shape index (κ3) is 3.07. The number of carbonyl (C=O) groups is 1. The van der Waals surface area contributed by atoms with Crippen molar-refractivity contribution >= 4 is 5.91 Å². The summed E-state index contributed by atoms with van der Waals surface area (Å²) in [6.45, 7) is 2.47. The first kappa shape index (κ1) is 18.5. The predicted molar refractivity (Wildman–Crippen MR) is 101 cm³/mol. The van der Waals surface area contributed by atoms with Crippen molar-refractivity contribution in [3.8, 4) is 5.88 Å². The van der Waals surface area contributed by atoms with Gasteiger partial charge in [0.1, 0.15) is 12.0 Å². The van der Waals surface area contributed by atoms with Crippen LogP contribution < -0.4 is 4.74 Å². The fraction of sp³-hybridized carbons (Fsp3) is 0.500. The van der Waals surface area contributed by atoms with Crippen LogP contribution in [0.2, 0.25) is 0 Å². The second-order valence-electron chi connectivity index (χ2n) is 8.96. The van der Waals surface area contributed by atoms with E-state index in [0.29, 0.717) is 18.1 Å². The van der Waals surface area contributed by atoms with Crippen LogP contribution >= 0.6 is 0 Å². The standard InChI is InChI=1S/C22H23F2N3O2/c1-14-7-26-19(8-25-14)29-13-21-10-22(11-21,12-21)20(28)27-9-17(24)6-18(27)15-3-2-4-16(23)5-15/h2-5,7-8,17-18H,6,9-13H2,1H3. The van der Waals surface area contributed by atoms with E-state index in [-0.39, 0.29) is 30.1 Å². The zero-order chi connectivity index (χ0) is 20.2. The van der Waals surface area contributed by atoms with Gasteiger partial charge in [0.2, 0.25) is 11.8 Å². The number of aromatic nitrogens is 2. The molecule has 1 aliphatic heterocycles. The molecular weight excluding hydrogens is 376 g/mol. The maximum Gasteiger partial charge on any atom is 0.232 e. The van der Waals surface area contributed by atoms with Crippen LogP contribution in [-0.4, -0.2) is 40.1 Å². The number of likely N-dealkylation sites (tertiary alicyclic amines) is 1. The number of hydrogen-bond acceptors (Lipinski definition) is 4. The van der Waals surface area contributed by atoms with Crippen LogP contribution in [0.15, 0.2) is 36.7 Å². The summed E-state index contributed by atoms with van der Waals surface area (Å²) in [6, 6.07) is 5.76. The van der Waals surface area contributed by atoms with Crippen molar-refractivity contribution in [2.75, 3.05) is 13.2 Å². The van der Waals surface area contributed by atoms with Gasteiger partial charge in [-0.3, -0.25) is 9.78 Å². The normalized spacial score (nSPS) is 32.4. The van der Waals surface area contributed by atoms with E-state index in [0.717, 1.165) is 25.0 Å². The molecule has 3 saturated carbocycles. The summed E-state index contributed by atoms with van der Waals surface area (Å²) in [6.07, 6.45) is 4.68. The molecule has 5 nitrogen and oxygen atoms in total. The van der Waals surface area contributed by atoms with E-state index < -0.39 is 17.6 Å². The van der Waals surface area contributed by atoms with Crippen LogP contribution in [0.5, 0.6) is 5.88 Å². The number of benzene rings is 1. The van der Waals surface area contributed by atoms with Gasteiger partial charge in [0, 0.05) is 11.8 Å². The summed E-state index contributed by atoms with van der Waals surface area (Å²) < 4.78 is 33.6. The molecule has 7 heteroatoms. The Balaban J connectivity index is 1.23. The van der Waals surface area contributed by atoms with Gasteiger partial charge < -0.3 is 9.64 Å². The lowest BCUT2D eigenvalue weighted by molar-refractivity contribution is -0.226. The van der Waals surface area contributed by atoms with Crippen molar-refractivity contribution < 1.29 is 18.3 Å². The number of rotatable bonds is 5. The highest BCUT2D eigenvalue weighted by atomic mass is 19.1. The van der Waals surface area contributed by atoms with E-state index >= 15 is 0 Å². The van der Waals surface area contributed by atoms with Crippen LogP contribution in [0, 0.1) is 23.6 Å². The SMILES string of the molecule is Cc1cnc(OCC23CC(C(=O)N4CC(F)CC4c4cccc(F)c4)(C2)C3)cn1. The molecule has 2 aromatic rings. The van der Waals surface area contributed by atoms with E-state index in [9.17, 15) is 13.6 Å². The van der Waals surface area contributed by atoms with E-state index in [1.807, 2.05) is 6.92 Å². The molecule has 152 valence electrons. The molecule has 1 aromatic heterocycles. The van der Waals surface area contributed by atoms with E-state index in [2.05, 4.69) is 9.97 Å². The average Bonchev–Trinajstić information content (AvgIpc) is 3.03. The largest absolute Gasteiger partial charge is 0.476 e. The molecule has 1 saturated heterocycles. The molecule has 0 radical (unpaired) electrons. The van der Waals surface area contributed by atoms with Crippen LogP contribution in [0.3, 0.4) is 0 Å². The molecule has 29 heavy (non-hydrogen) atoms. The number of alkyl halides is 1. The van der Waals surface area contributed by atoms with Gasteiger partial charge in [0.05, 0.1) is 42.7 Å². The fourth-order valence-electron chi connectivity index (χ4n) is 5.40. The van der Waals surface area contributed by atoms with Gasteiger partial charge >= 0.3 is 0 Å². The van der Waals surface area contributed by atoms with Gasteiger partial charge in [0.15, 0.2) is 0 Å². The van der Waals surface area contributed by atoms with E-state index in [4.69, 9.17) is 4.74 Å². The van der Waals surface area contributed by atoms with Crippen molar-refractivity contribution in [2.45, 2.75) is 44.8 Å². The summed E-state index contributed by atoms with van der Waals surface area (Å²) in [5, 5.41) is 0. The highest BCUT2D eigenvalue weighted by molar-refractivity contribution is 5.87. The monoisotopic (exact) mass is 399 g/mol. The van der Waals surface area contributed by atoms with Gasteiger partial charge in [-0.15, -0.1) is 0 Å². The van der Waals surface area contributed by atoms with Crippen LogP contribution in [0.4, 0.5) is 8.78 Å². The van der Waals surface area contributed by atoms with Crippen LogP contribution in [0.1, 0.15) is 43.0 Å². The van der Waals surface area contributed by atoms with Crippen molar-refractivity contribution in [2.24, 2.45) is 10.8 Å². The Morgan fingerprint density at radius 2 is 2.07 bits per heavy atom. The Hall–Kier alpha value is -2.57. The topological polar surface area (TPSA) is 55.3 Å². The Morgan fingerprint density at radius 3 is 2.76 bits per heavy atom. The van der Waals surface area contributed by atoms with Crippen molar-refractivity contribution in [1.29, 1.82) is 0 Å². The first-order valence-corrected chi connectivity index (χ1v) is 10.0. The Morgan fingerprint density at radius 1 is 1.28 bits per heavy atom. The van der Waals surface area contributed by atoms with Gasteiger partial charge in [0.25, 0.3) is 0 Å². The number of hydrogen-bond donors (Lipinski definition) is 0. The summed E-state index contributed by atoms with van der Waals surface area (Å²) in [4.78, 5) is 23.3. The van der Waals surface area contributed by atoms with Crippen LogP contribution in [0.25, 0.3) is 0 Å². The fourth-order valence-corrected chi connectivity index (χ4v) is 5.40. The quantitative estimate of drug-likeness (QED) is 0.768. The Kier molecular flexibility index (Phi) is 4.12. The van der Waals surface area contributed by atoms with Gasteiger partial charge in [-0.1, -0.05) is 12.1 Å². The first-order chi connectivity index (χ1) is 13.9. The predicted octanol–water partition coefficient (Wildman–Crippen LogP) is 3.78. The molecule has 2 heterocycles. The third-order valence-electron chi connectivity index (χ3n) is 6.62. The second kappa shape index (κ2) is 6.47. The molecular formula is C22H23F2N3O2. The first-order valence-electron chi connectivity index (χ1n) is 10.0. The number of halogens is 2. The molecule has 0 spiro atoms. The lowest BCUT2D eigenvalue weighted by Crippen LogP contribution is -2.69. The lowest BCUT2D eigenvalue weighted by Gasteiger charge is -2.69. The number of carbonyl (C=O) groups excluding carboxylic acids is 1. The van der Waals surface area contributed by atoms with Gasteiger partial charge in [-0.25, -0.2) is 13.8 Å². The molecule has 2 unspecified atom stereocenters. The molecule has 3 aliphatic carbocycles. The molecule has 2 bridgehead atoms. The highest BCUT2D eigenvalue weighted by Crippen LogP contribution is 2.74. The summed E-state index contributed by atoms with van der Waals surface area (Å²) in [5.41, 5.74) is 1.10. The summed E-state index contributed by atoms with van der Waals surface area (Å²) in [5.74, 6) is 0.133. The molecule has 6 rings (SSSR count). The minimum Gasteiger partial charge on any atom is -0.476 e. The van der Waals surface area contributed by atoms with Crippen molar-refractivity contribution in [3.05, 3.63) is 53.7 Å². The minimum absolute atomic E-state index is 0.00362. The molecule has 4 fully saturated rings. The van der Waals surface area contributed by atoms with E-state index in [1.54, 1.807) is 29.4 Å². The minimum atomic E-state index is -1.07. The molecule has 4 aliphatic rings. The number of amides is 1. The zero-order valence-corrected chi connectivity index (χ0v) is 16.3. The highest BCUT2D eigenvalue weighted by Gasteiger charge is 2.72. The molecule has 2 atom stereocenters. The molecule has 1 aromatic carbocycles. The number of aryl methyl sites for hydroxylation is 1. The van der Waals surface area contributed by atoms with Crippen LogP contribution in [-0.2, 0) is 4.79 Å². The smallest absolute Gasteiger partial charge is 0.232 e. The zero-order valence-electron chi connectivity index (χ0n) is 16.3.